The smallest absolute Gasteiger partial charge is 0.164 e. The van der Waals surface area contributed by atoms with Gasteiger partial charge in [0.25, 0.3) is 0 Å². The van der Waals surface area contributed by atoms with Crippen LogP contribution in [0.25, 0.3) is 83.6 Å². The van der Waals surface area contributed by atoms with Crippen molar-refractivity contribution in [3.63, 3.8) is 0 Å². The molecular weight excluding hydrogens is 552 g/mol. The number of aryl methyl sites for hydroxylation is 1. The fourth-order valence-corrected chi connectivity index (χ4v) is 6.50. The van der Waals surface area contributed by atoms with Gasteiger partial charge in [0.05, 0.1) is 11.0 Å². The van der Waals surface area contributed by atoms with Crippen LogP contribution in [0.15, 0.2) is 144 Å². The van der Waals surface area contributed by atoms with Crippen LogP contribution in [0.5, 0.6) is 0 Å². The van der Waals surface area contributed by atoms with E-state index in [1.54, 1.807) is 0 Å². The molecule has 5 heteroatoms. The second kappa shape index (κ2) is 10.00. The number of benzene rings is 6. The number of furan rings is 1. The van der Waals surface area contributed by atoms with Gasteiger partial charge in [0.1, 0.15) is 5.58 Å². The third-order valence-corrected chi connectivity index (χ3v) is 8.47. The number of para-hydroxylation sites is 2. The highest BCUT2D eigenvalue weighted by molar-refractivity contribution is 6.23. The molecule has 0 saturated heterocycles. The molecule has 212 valence electrons. The lowest BCUT2D eigenvalue weighted by Crippen LogP contribution is -2.00. The van der Waals surface area contributed by atoms with E-state index in [-0.39, 0.29) is 0 Å². The van der Waals surface area contributed by atoms with Gasteiger partial charge in [-0.25, -0.2) is 15.0 Å². The van der Waals surface area contributed by atoms with Crippen LogP contribution in [-0.4, -0.2) is 19.5 Å². The van der Waals surface area contributed by atoms with Gasteiger partial charge < -0.3 is 8.98 Å². The maximum Gasteiger partial charge on any atom is 0.164 e. The third kappa shape index (κ3) is 4.05. The van der Waals surface area contributed by atoms with Crippen molar-refractivity contribution in [3.05, 3.63) is 145 Å². The van der Waals surface area contributed by atoms with Gasteiger partial charge in [-0.15, -0.1) is 0 Å². The van der Waals surface area contributed by atoms with E-state index in [0.29, 0.717) is 17.5 Å². The van der Waals surface area contributed by atoms with Crippen LogP contribution in [0, 0.1) is 6.92 Å². The Balaban J connectivity index is 1.38. The summed E-state index contributed by atoms with van der Waals surface area (Å²) in [5, 5.41) is 4.35. The highest BCUT2D eigenvalue weighted by atomic mass is 16.3. The van der Waals surface area contributed by atoms with Crippen LogP contribution < -0.4 is 0 Å². The molecule has 5 nitrogen and oxygen atoms in total. The fourth-order valence-electron chi connectivity index (χ4n) is 6.50. The van der Waals surface area contributed by atoms with Crippen LogP contribution in [-0.2, 0) is 0 Å². The highest BCUT2D eigenvalue weighted by Gasteiger charge is 2.22. The summed E-state index contributed by atoms with van der Waals surface area (Å²) in [6.45, 7) is 2.09. The molecule has 0 unspecified atom stereocenters. The maximum absolute atomic E-state index is 6.84. The molecule has 0 atom stereocenters. The summed E-state index contributed by atoms with van der Waals surface area (Å²) in [7, 11) is 0. The first kappa shape index (κ1) is 25.4. The van der Waals surface area contributed by atoms with Crippen molar-refractivity contribution in [2.45, 2.75) is 6.92 Å². The Kier molecular flexibility index (Phi) is 5.65. The minimum absolute atomic E-state index is 0.614. The van der Waals surface area contributed by atoms with Gasteiger partial charge >= 0.3 is 0 Å². The fraction of sp³-hybridized carbons (Fsp3) is 0.0250. The van der Waals surface area contributed by atoms with Crippen molar-refractivity contribution in [1.29, 1.82) is 0 Å². The molecule has 0 radical (unpaired) electrons. The van der Waals surface area contributed by atoms with E-state index in [1.165, 1.54) is 5.39 Å². The van der Waals surface area contributed by atoms with E-state index < -0.39 is 0 Å². The van der Waals surface area contributed by atoms with Gasteiger partial charge in [0.15, 0.2) is 23.1 Å². The zero-order valence-electron chi connectivity index (χ0n) is 24.5. The largest absolute Gasteiger partial charge is 0.454 e. The lowest BCUT2D eigenvalue weighted by atomic mass is 10.0. The van der Waals surface area contributed by atoms with Gasteiger partial charge in [-0.1, -0.05) is 103 Å². The number of aromatic nitrogens is 4. The van der Waals surface area contributed by atoms with E-state index in [0.717, 1.165) is 66.3 Å². The molecule has 0 aliphatic heterocycles. The molecular formula is C40H26N4O. The van der Waals surface area contributed by atoms with E-state index in [4.69, 9.17) is 19.4 Å². The van der Waals surface area contributed by atoms with Gasteiger partial charge in [-0.05, 0) is 48.9 Å². The molecule has 0 saturated carbocycles. The standard InChI is InChI=1S/C40H26N4O/c1-25-23-32(40-42-38(26-13-5-2-6-14-26)41-39(43-40)27-15-7-3-8-16-27)35-31-22-21-30-29-19-11-12-20-33(29)44(28-17-9-4-10-18-28)36(30)37(31)45-34(35)24-25/h2-24H,1H3. The lowest BCUT2D eigenvalue weighted by molar-refractivity contribution is 0.670. The average molecular weight is 579 g/mol. The maximum atomic E-state index is 6.84. The van der Waals surface area contributed by atoms with E-state index in [9.17, 15) is 0 Å². The lowest BCUT2D eigenvalue weighted by Gasteiger charge is -2.10. The zero-order chi connectivity index (χ0) is 29.9. The third-order valence-electron chi connectivity index (χ3n) is 8.47. The Morgan fingerprint density at radius 3 is 1.80 bits per heavy atom. The van der Waals surface area contributed by atoms with Crippen molar-refractivity contribution >= 4 is 43.7 Å². The first-order valence-corrected chi connectivity index (χ1v) is 15.0. The minimum atomic E-state index is 0.614. The molecule has 9 aromatic rings. The Morgan fingerprint density at radius 1 is 0.533 bits per heavy atom. The molecule has 45 heavy (non-hydrogen) atoms. The molecule has 0 spiro atoms. The predicted octanol–water partition coefficient (Wildman–Crippen LogP) is 10.2. The summed E-state index contributed by atoms with van der Waals surface area (Å²) in [5.74, 6) is 1.88. The number of hydrogen-bond donors (Lipinski definition) is 0. The topological polar surface area (TPSA) is 56.7 Å². The Labute approximate surface area is 259 Å². The Hall–Kier alpha value is -6.07. The van der Waals surface area contributed by atoms with Gasteiger partial charge in [-0.3, -0.25) is 0 Å². The van der Waals surface area contributed by atoms with E-state index in [1.807, 2.05) is 66.7 Å². The molecule has 0 amide bonds. The van der Waals surface area contributed by atoms with Gasteiger partial charge in [0.2, 0.25) is 0 Å². The van der Waals surface area contributed by atoms with Crippen molar-refractivity contribution in [3.8, 4) is 39.9 Å². The first-order valence-electron chi connectivity index (χ1n) is 15.0. The molecule has 6 aromatic carbocycles. The van der Waals surface area contributed by atoms with Crippen molar-refractivity contribution < 1.29 is 4.42 Å². The van der Waals surface area contributed by atoms with Crippen LogP contribution in [0.3, 0.4) is 0 Å². The highest BCUT2D eigenvalue weighted by Crippen LogP contribution is 2.43. The van der Waals surface area contributed by atoms with Crippen LogP contribution in [0.1, 0.15) is 5.56 Å². The molecule has 9 rings (SSSR count). The molecule has 0 fully saturated rings. The number of fused-ring (bicyclic) bond motifs is 7. The SMILES string of the molecule is Cc1cc(-c2nc(-c3ccccc3)nc(-c3ccccc3)n2)c2c(c1)oc1c2ccc2c3ccccc3n(-c3ccccc3)c21. The molecule has 0 bridgehead atoms. The first-order chi connectivity index (χ1) is 22.2. The van der Waals surface area contributed by atoms with Gasteiger partial charge in [-0.2, -0.15) is 0 Å². The second-order valence-corrected chi connectivity index (χ2v) is 11.4. The molecule has 3 aromatic heterocycles. The molecule has 3 heterocycles. The quantitative estimate of drug-likeness (QED) is 0.208. The van der Waals surface area contributed by atoms with Gasteiger partial charge in [0, 0.05) is 43.9 Å². The van der Waals surface area contributed by atoms with Crippen molar-refractivity contribution in [1.82, 2.24) is 19.5 Å². The average Bonchev–Trinajstić information content (AvgIpc) is 3.64. The Bertz CT molecular complexity index is 2470. The molecule has 0 N–H and O–H groups in total. The number of rotatable bonds is 4. The van der Waals surface area contributed by atoms with Crippen LogP contribution >= 0.6 is 0 Å². The summed E-state index contributed by atoms with van der Waals surface area (Å²) in [6, 6.07) is 47.9. The molecule has 0 aliphatic carbocycles. The summed E-state index contributed by atoms with van der Waals surface area (Å²) in [6.07, 6.45) is 0. The summed E-state index contributed by atoms with van der Waals surface area (Å²) in [5.41, 5.74) is 8.79. The number of nitrogens with zero attached hydrogens (tertiary/aromatic N) is 4. The van der Waals surface area contributed by atoms with E-state index >= 15 is 0 Å². The molecule has 0 aliphatic rings. The van der Waals surface area contributed by atoms with Crippen molar-refractivity contribution in [2.24, 2.45) is 0 Å². The van der Waals surface area contributed by atoms with E-state index in [2.05, 4.69) is 84.3 Å². The Morgan fingerprint density at radius 2 is 1.11 bits per heavy atom. The van der Waals surface area contributed by atoms with Crippen molar-refractivity contribution in [2.75, 3.05) is 0 Å². The summed E-state index contributed by atoms with van der Waals surface area (Å²) < 4.78 is 9.15. The predicted molar refractivity (Wildman–Crippen MR) is 182 cm³/mol. The second-order valence-electron chi connectivity index (χ2n) is 11.4. The normalized spacial score (nSPS) is 11.7. The monoisotopic (exact) mass is 578 g/mol. The summed E-state index contributed by atoms with van der Waals surface area (Å²) in [4.78, 5) is 15.1. The minimum Gasteiger partial charge on any atom is -0.454 e. The zero-order valence-corrected chi connectivity index (χ0v) is 24.5. The summed E-state index contributed by atoms with van der Waals surface area (Å²) >= 11 is 0. The number of hydrogen-bond acceptors (Lipinski definition) is 4. The van der Waals surface area contributed by atoms with Crippen LogP contribution in [0.4, 0.5) is 0 Å². The van der Waals surface area contributed by atoms with Crippen LogP contribution in [0.2, 0.25) is 0 Å².